The van der Waals surface area contributed by atoms with Crippen molar-refractivity contribution in [2.24, 2.45) is 11.3 Å². The molecular formula is C60H46. The predicted octanol–water partition coefficient (Wildman–Crippen LogP) is 15.8. The topological polar surface area (TPSA) is 0 Å². The molecule has 4 aliphatic carbocycles. The summed E-state index contributed by atoms with van der Waals surface area (Å²) in [5.74, 6) is 0.455. The van der Waals surface area contributed by atoms with Gasteiger partial charge in [0.25, 0.3) is 0 Å². The van der Waals surface area contributed by atoms with E-state index >= 15 is 0 Å². The van der Waals surface area contributed by atoms with Crippen molar-refractivity contribution in [2.75, 3.05) is 0 Å². The second-order valence-electron chi connectivity index (χ2n) is 19.6. The van der Waals surface area contributed by atoms with Gasteiger partial charge < -0.3 is 0 Å². The van der Waals surface area contributed by atoms with Gasteiger partial charge >= 0.3 is 0 Å². The van der Waals surface area contributed by atoms with E-state index in [4.69, 9.17) is 0 Å². The molecule has 6 bridgehead atoms. The molecule has 0 saturated carbocycles. The van der Waals surface area contributed by atoms with Crippen LogP contribution in [-0.2, 0) is 10.8 Å². The molecule has 0 radical (unpaired) electrons. The molecule has 0 aliphatic heterocycles. The van der Waals surface area contributed by atoms with E-state index in [-0.39, 0.29) is 22.7 Å². The molecular weight excluding hydrogens is 721 g/mol. The average molecular weight is 767 g/mol. The number of fused-ring (bicyclic) bond motifs is 12. The van der Waals surface area contributed by atoms with Crippen LogP contribution in [0.1, 0.15) is 73.9 Å². The van der Waals surface area contributed by atoms with Gasteiger partial charge in [-0.05, 0) is 151 Å². The molecule has 3 unspecified atom stereocenters. The number of allylic oxidation sites excluding steroid dienone is 4. The number of rotatable bonds is 1. The molecule has 0 heteroatoms. The Labute approximate surface area is 352 Å². The lowest BCUT2D eigenvalue weighted by Crippen LogP contribution is -2.34. The second-order valence-corrected chi connectivity index (χ2v) is 19.6. The number of hydrogen-bond donors (Lipinski definition) is 0. The first-order valence-electron chi connectivity index (χ1n) is 21.8. The van der Waals surface area contributed by atoms with Crippen LogP contribution in [0.4, 0.5) is 0 Å². The quantitative estimate of drug-likeness (QED) is 0.146. The van der Waals surface area contributed by atoms with Gasteiger partial charge in [-0.2, -0.15) is 0 Å². The molecule has 1 spiro atoms. The Morgan fingerprint density at radius 3 is 1.57 bits per heavy atom. The molecule has 9 aromatic carbocycles. The lowest BCUT2D eigenvalue weighted by Gasteiger charge is -2.39. The van der Waals surface area contributed by atoms with Crippen molar-refractivity contribution in [2.45, 2.75) is 51.4 Å². The first kappa shape index (κ1) is 34.4. The van der Waals surface area contributed by atoms with Crippen LogP contribution in [0.25, 0.3) is 76.5 Å². The second kappa shape index (κ2) is 11.6. The average Bonchev–Trinajstić information content (AvgIpc) is 3.72. The minimum absolute atomic E-state index is 0.0124. The van der Waals surface area contributed by atoms with Crippen molar-refractivity contribution in [1.29, 1.82) is 0 Å². The summed E-state index contributed by atoms with van der Waals surface area (Å²) in [6, 6.07) is 61.6. The van der Waals surface area contributed by atoms with Crippen LogP contribution in [0, 0.1) is 11.3 Å². The Balaban J connectivity index is 1.21. The highest BCUT2D eigenvalue weighted by Gasteiger charge is 2.58. The zero-order valence-electron chi connectivity index (χ0n) is 34.9. The maximum atomic E-state index is 2.70. The van der Waals surface area contributed by atoms with E-state index in [2.05, 4.69) is 211 Å². The standard InChI is InChI=1S/C60H46/c1-58(2,3)41-22-26-49-50-27-23-43-34-55(50)60(54(49)33-41)52-30-39(56-44-15-9-6-12-35(44)28-36-13-7-10-16-45(36)56)19-24-47(52)48-25-20-40(31-53(48)60)57-46-17-11-8-14-37(46)29-38-18-21-42(32-51(38)57)59(43,4)5/h6-34,49,54H,1-5H3. The highest BCUT2D eigenvalue weighted by Crippen LogP contribution is 2.67. The summed E-state index contributed by atoms with van der Waals surface area (Å²) in [6.45, 7) is 12.0. The van der Waals surface area contributed by atoms with Crippen LogP contribution in [0.3, 0.4) is 0 Å². The first-order chi connectivity index (χ1) is 29.1. The zero-order valence-corrected chi connectivity index (χ0v) is 34.9. The summed E-state index contributed by atoms with van der Waals surface area (Å²) in [4.78, 5) is 0. The summed E-state index contributed by atoms with van der Waals surface area (Å²) in [7, 11) is 0. The van der Waals surface area contributed by atoms with E-state index in [1.807, 2.05) is 0 Å². The Morgan fingerprint density at radius 1 is 0.467 bits per heavy atom. The SMILES string of the molecule is CC(C)(C)C1=CC2C(C=C1)c1ccc3cc1C21c2cc(-c4c5ccccc5cc5ccccc45)ccc2-c2ccc(cc21)-c1c2ccccc2cc2ccc(cc12)C3(C)C. The minimum atomic E-state index is -0.416. The third kappa shape index (κ3) is 4.36. The van der Waals surface area contributed by atoms with Gasteiger partial charge in [0.1, 0.15) is 0 Å². The van der Waals surface area contributed by atoms with Gasteiger partial charge in [-0.25, -0.2) is 0 Å². The summed E-state index contributed by atoms with van der Waals surface area (Å²) in [5, 5.41) is 10.4. The smallest absolute Gasteiger partial charge is 0.0538 e. The predicted molar refractivity (Wildman–Crippen MR) is 254 cm³/mol. The van der Waals surface area contributed by atoms with Crippen molar-refractivity contribution in [3.63, 3.8) is 0 Å². The van der Waals surface area contributed by atoms with Crippen LogP contribution in [0.15, 0.2) is 182 Å². The lowest BCUT2D eigenvalue weighted by molar-refractivity contribution is 0.439. The fraction of sp³-hybridized carbons (Fsp3) is 0.167. The van der Waals surface area contributed by atoms with E-state index in [0.717, 1.165) is 0 Å². The Hall–Kier alpha value is -6.50. The molecule has 0 fully saturated rings. The van der Waals surface area contributed by atoms with Gasteiger partial charge in [0.05, 0.1) is 5.41 Å². The highest BCUT2D eigenvalue weighted by molar-refractivity contribution is 6.14. The van der Waals surface area contributed by atoms with Gasteiger partial charge in [0.2, 0.25) is 0 Å². The minimum Gasteiger partial charge on any atom is -0.0761 e. The number of hydrogen-bond acceptors (Lipinski definition) is 0. The van der Waals surface area contributed by atoms with Crippen molar-refractivity contribution >= 4 is 43.1 Å². The molecule has 286 valence electrons. The fourth-order valence-electron chi connectivity index (χ4n) is 12.2. The summed E-state index contributed by atoms with van der Waals surface area (Å²) >= 11 is 0. The largest absolute Gasteiger partial charge is 0.0761 e. The lowest BCUT2D eigenvalue weighted by atomic mass is 9.63. The molecule has 4 aliphatic rings. The van der Waals surface area contributed by atoms with E-state index < -0.39 is 5.41 Å². The van der Waals surface area contributed by atoms with Crippen molar-refractivity contribution in [3.8, 4) is 33.4 Å². The van der Waals surface area contributed by atoms with E-state index in [1.165, 1.54) is 115 Å². The molecule has 60 heavy (non-hydrogen) atoms. The molecule has 0 aromatic heterocycles. The van der Waals surface area contributed by atoms with Crippen LogP contribution < -0.4 is 0 Å². The monoisotopic (exact) mass is 766 g/mol. The van der Waals surface area contributed by atoms with Crippen LogP contribution in [0.2, 0.25) is 0 Å². The molecule has 0 saturated heterocycles. The van der Waals surface area contributed by atoms with Crippen molar-refractivity contribution in [3.05, 3.63) is 215 Å². The third-order valence-corrected chi connectivity index (χ3v) is 15.3. The summed E-state index contributed by atoms with van der Waals surface area (Å²) in [5.41, 5.74) is 17.3. The molecule has 13 rings (SSSR count). The maximum absolute atomic E-state index is 2.70. The molecule has 0 amide bonds. The highest BCUT2D eigenvalue weighted by atomic mass is 14.6. The van der Waals surface area contributed by atoms with Gasteiger partial charge in [0.15, 0.2) is 0 Å². The molecule has 0 N–H and O–H groups in total. The van der Waals surface area contributed by atoms with E-state index in [0.29, 0.717) is 0 Å². The molecule has 3 atom stereocenters. The summed E-state index contributed by atoms with van der Waals surface area (Å²) in [6.07, 6.45) is 7.70. The zero-order chi connectivity index (χ0) is 40.3. The van der Waals surface area contributed by atoms with Gasteiger partial charge in [0, 0.05) is 17.3 Å². The van der Waals surface area contributed by atoms with Crippen LogP contribution in [0.5, 0.6) is 0 Å². The normalized spacial score (nSPS) is 20.3. The van der Waals surface area contributed by atoms with Crippen LogP contribution in [-0.4, -0.2) is 0 Å². The first-order valence-corrected chi connectivity index (χ1v) is 21.8. The summed E-state index contributed by atoms with van der Waals surface area (Å²) < 4.78 is 0. The third-order valence-electron chi connectivity index (χ3n) is 15.3. The van der Waals surface area contributed by atoms with Crippen molar-refractivity contribution in [1.82, 2.24) is 0 Å². The van der Waals surface area contributed by atoms with Crippen molar-refractivity contribution < 1.29 is 0 Å². The Morgan fingerprint density at radius 2 is 0.983 bits per heavy atom. The fourth-order valence-corrected chi connectivity index (χ4v) is 12.2. The van der Waals surface area contributed by atoms with Gasteiger partial charge in [-0.15, -0.1) is 0 Å². The van der Waals surface area contributed by atoms with Crippen LogP contribution >= 0.6 is 0 Å². The van der Waals surface area contributed by atoms with Gasteiger partial charge in [-0.3, -0.25) is 0 Å². The number of benzene rings is 9. The van der Waals surface area contributed by atoms with Gasteiger partial charge in [-0.1, -0.05) is 180 Å². The maximum Gasteiger partial charge on any atom is 0.0538 e. The Bertz CT molecular complexity index is 3400. The Kier molecular flexibility index (Phi) is 6.65. The van der Waals surface area contributed by atoms with E-state index in [1.54, 1.807) is 0 Å². The molecule has 9 aromatic rings. The van der Waals surface area contributed by atoms with E-state index in [9.17, 15) is 0 Å². The molecule has 0 heterocycles. The molecule has 0 nitrogen and oxygen atoms in total.